The molecule has 0 saturated carbocycles. The third-order valence-corrected chi connectivity index (χ3v) is 9.53. The fourth-order valence-corrected chi connectivity index (χ4v) is 6.19. The average Bonchev–Trinajstić information content (AvgIpc) is 3.38. The van der Waals surface area contributed by atoms with Crippen molar-refractivity contribution >= 4 is 56.4 Å². The summed E-state index contributed by atoms with van der Waals surface area (Å²) in [5, 5.41) is 31.7. The number of benzene rings is 7. The molecule has 0 unspecified atom stereocenters. The molecule has 66 heavy (non-hydrogen) atoms. The number of allylic oxidation sites excluding steroid dienone is 3. The summed E-state index contributed by atoms with van der Waals surface area (Å²) >= 11 is 0. The molecule has 0 fully saturated rings. The van der Waals surface area contributed by atoms with Crippen LogP contribution in [0.25, 0.3) is 39.1 Å². The molecule has 0 amide bonds. The maximum atomic E-state index is 11.8. The van der Waals surface area contributed by atoms with Gasteiger partial charge >= 0.3 is 0 Å². The Morgan fingerprint density at radius 1 is 0.303 bits per heavy atom. The molecule has 9 heteroatoms. The van der Waals surface area contributed by atoms with Crippen molar-refractivity contribution in [1.82, 2.24) is 9.97 Å². The second-order valence-corrected chi connectivity index (χ2v) is 14.1. The van der Waals surface area contributed by atoms with Crippen molar-refractivity contribution in [3.8, 4) is 0 Å². The van der Waals surface area contributed by atoms with E-state index in [1.165, 1.54) is 18.2 Å². The van der Waals surface area contributed by atoms with Gasteiger partial charge < -0.3 is 15.3 Å². The van der Waals surface area contributed by atoms with Crippen LogP contribution in [0.1, 0.15) is 47.8 Å². The van der Waals surface area contributed by atoms with Crippen LogP contribution in [-0.2, 0) is 0 Å². The summed E-state index contributed by atoms with van der Waals surface area (Å²) in [5.74, 6) is -0.649. The van der Waals surface area contributed by atoms with E-state index >= 15 is 0 Å². The van der Waals surface area contributed by atoms with Crippen molar-refractivity contribution in [2.75, 3.05) is 0 Å². The Kier molecular flexibility index (Phi) is 19.5. The number of pyridine rings is 2. The second-order valence-electron chi connectivity index (χ2n) is 14.1. The van der Waals surface area contributed by atoms with Gasteiger partial charge in [-0.1, -0.05) is 206 Å². The molecule has 8 nitrogen and oxygen atoms in total. The number of fused-ring (bicyclic) bond motifs is 3. The average molecular weight is 1020 g/mol. The van der Waals surface area contributed by atoms with E-state index in [-0.39, 0.29) is 71.9 Å². The van der Waals surface area contributed by atoms with Crippen molar-refractivity contribution in [3.63, 3.8) is 0 Å². The largest absolute Gasteiger partial charge is 0.507 e. The first-order chi connectivity index (χ1) is 31.8. The Hall–Kier alpha value is -7.76. The van der Waals surface area contributed by atoms with Gasteiger partial charge in [0.25, 0.3) is 0 Å². The molecule has 7 aromatic carbocycles. The Morgan fingerprint density at radius 2 is 0.530 bits per heavy atom. The number of rotatable bonds is 9. The summed E-state index contributed by atoms with van der Waals surface area (Å²) in [6, 6.07) is 65.7. The Bertz CT molecular complexity index is 2740. The molecule has 0 spiro atoms. The van der Waals surface area contributed by atoms with Crippen LogP contribution in [0.4, 0.5) is 0 Å². The predicted molar refractivity (Wildman–Crippen MR) is 261 cm³/mol. The minimum atomic E-state index is -0.202. The smallest absolute Gasteiger partial charge is 0.189 e. The summed E-state index contributed by atoms with van der Waals surface area (Å²) in [4.78, 5) is 44.1. The molecule has 9 aromatic rings. The molecule has 0 bridgehead atoms. The zero-order valence-corrected chi connectivity index (χ0v) is 37.3. The van der Waals surface area contributed by atoms with E-state index in [1.807, 2.05) is 84.9 Å². The van der Waals surface area contributed by atoms with E-state index in [1.54, 1.807) is 122 Å². The maximum Gasteiger partial charge on any atom is 0.189 e. The number of aromatic nitrogens is 2. The zero-order valence-electron chi connectivity index (χ0n) is 35.4. The summed E-state index contributed by atoms with van der Waals surface area (Å²) in [6.45, 7) is 0. The molecule has 0 radical (unpaired) electrons. The molecule has 0 aliphatic heterocycles. The van der Waals surface area contributed by atoms with E-state index in [2.05, 4.69) is 34.2 Å². The Morgan fingerprint density at radius 3 is 0.773 bits per heavy atom. The summed E-state index contributed by atoms with van der Waals surface area (Å²) < 4.78 is 0. The van der Waals surface area contributed by atoms with Crippen LogP contribution in [-0.4, -0.2) is 42.6 Å². The molecule has 9 rings (SSSR count). The van der Waals surface area contributed by atoms with Crippen LogP contribution in [0.3, 0.4) is 0 Å². The van der Waals surface area contributed by atoms with Gasteiger partial charge in [-0.3, -0.25) is 24.4 Å². The van der Waals surface area contributed by atoms with Crippen molar-refractivity contribution < 1.29 is 67.0 Å². The van der Waals surface area contributed by atoms with Gasteiger partial charge in [0.2, 0.25) is 0 Å². The molecule has 2 heterocycles. The summed E-state index contributed by atoms with van der Waals surface area (Å²) in [5.41, 5.74) is 5.56. The first kappa shape index (κ1) is 49.3. The van der Waals surface area contributed by atoms with Crippen molar-refractivity contribution in [2.24, 2.45) is 0 Å². The van der Waals surface area contributed by atoms with Crippen LogP contribution < -0.4 is 0 Å². The fourth-order valence-electron chi connectivity index (χ4n) is 6.19. The van der Waals surface area contributed by atoms with Gasteiger partial charge in [-0.25, -0.2) is 0 Å². The van der Waals surface area contributed by atoms with Crippen molar-refractivity contribution in [1.29, 1.82) is 0 Å². The van der Waals surface area contributed by atoms with E-state index in [9.17, 15) is 29.7 Å². The van der Waals surface area contributed by atoms with E-state index in [0.29, 0.717) is 33.4 Å². The van der Waals surface area contributed by atoms with Crippen LogP contribution in [0.15, 0.2) is 249 Å². The van der Waals surface area contributed by atoms with Gasteiger partial charge in [-0.15, -0.1) is 0 Å². The number of carbonyl (C=O) groups is 3. The van der Waals surface area contributed by atoms with Gasteiger partial charge in [-0.05, 0) is 12.1 Å². The topological polar surface area (TPSA) is 138 Å². The minimum absolute atomic E-state index is 0. The molecule has 0 atom stereocenters. The summed E-state index contributed by atoms with van der Waals surface area (Å²) in [7, 11) is 0. The van der Waals surface area contributed by atoms with Crippen LogP contribution in [0.2, 0.25) is 0 Å². The number of ketones is 3. The quantitative estimate of drug-likeness (QED) is 0.0562. The van der Waals surface area contributed by atoms with E-state index in [0.717, 1.165) is 21.8 Å². The standard InChI is InChI=1S/3C15H12O2.C12H8N2.Er/c3*16-14(12-7-3-1-4-8-12)11-15(17)13-9-5-2-6-10-13;1-3-9-5-6-10-4-2-8-14-12(10)11(9)13-7-1;/h3*1-11,16H;1-8H;/b3*14-11-;;. The van der Waals surface area contributed by atoms with Crippen molar-refractivity contribution in [2.45, 2.75) is 0 Å². The molecular weight excluding hydrogens is 976 g/mol. The van der Waals surface area contributed by atoms with Crippen LogP contribution in [0, 0.1) is 37.3 Å². The van der Waals surface area contributed by atoms with Crippen LogP contribution >= 0.6 is 0 Å². The number of hydrogen-bond acceptors (Lipinski definition) is 8. The maximum absolute atomic E-state index is 11.8. The molecule has 0 saturated heterocycles. The molecule has 3 N–H and O–H groups in total. The Labute approximate surface area is 412 Å². The van der Waals surface area contributed by atoms with Crippen molar-refractivity contribution in [3.05, 3.63) is 282 Å². The van der Waals surface area contributed by atoms with E-state index in [4.69, 9.17) is 0 Å². The zero-order chi connectivity index (χ0) is 45.6. The monoisotopic (exact) mass is 1020 g/mol. The molecular formula is C57H44ErN2O6. The third-order valence-electron chi connectivity index (χ3n) is 9.53. The number of carbonyl (C=O) groups excluding carboxylic acids is 3. The number of aliphatic hydroxyl groups is 3. The van der Waals surface area contributed by atoms with Gasteiger partial charge in [0.15, 0.2) is 17.3 Å². The van der Waals surface area contributed by atoms with Crippen LogP contribution in [0.5, 0.6) is 0 Å². The molecule has 330 valence electrons. The normalized spacial score (nSPS) is 10.9. The SMILES string of the molecule is O=C(/C=C(\O)c1ccccc1)c1ccccc1.O=C(/C=C(\O)c1ccccc1)c1ccccc1.O=C(/C=C(\O)c1ccccc1)c1ccccc1.[Er].c1cnc2c(c1)ccc1cccnc12. The van der Waals surface area contributed by atoms with E-state index < -0.39 is 0 Å². The minimum Gasteiger partial charge on any atom is -0.507 e. The third kappa shape index (κ3) is 14.9. The summed E-state index contributed by atoms with van der Waals surface area (Å²) in [6.07, 6.45) is 7.33. The number of nitrogens with zero attached hydrogens (tertiary/aromatic N) is 2. The van der Waals surface area contributed by atoms with Gasteiger partial charge in [0.05, 0.1) is 11.0 Å². The number of hydrogen-bond donors (Lipinski definition) is 3. The molecule has 0 aliphatic rings. The second kappa shape index (κ2) is 26.1. The predicted octanol–water partition coefficient (Wildman–Crippen LogP) is 13.2. The first-order valence-electron chi connectivity index (χ1n) is 20.5. The number of aliphatic hydroxyl groups excluding tert-OH is 3. The molecule has 0 aliphatic carbocycles. The fraction of sp³-hybridized carbons (Fsp3) is 0. The first-order valence-corrected chi connectivity index (χ1v) is 20.5. The van der Waals surface area contributed by atoms with Gasteiger partial charge in [-0.2, -0.15) is 0 Å². The van der Waals surface area contributed by atoms with Gasteiger partial charge in [0.1, 0.15) is 17.3 Å². The Balaban J connectivity index is 0.000000164. The molecule has 2 aromatic heterocycles. The van der Waals surface area contributed by atoms with Gasteiger partial charge in [0, 0.05) is 112 Å².